The highest BCUT2D eigenvalue weighted by Crippen LogP contribution is 2.40. The second-order valence-electron chi connectivity index (χ2n) is 9.57. The first kappa shape index (κ1) is 25.0. The van der Waals surface area contributed by atoms with Crippen LogP contribution < -0.4 is 10.6 Å². The summed E-state index contributed by atoms with van der Waals surface area (Å²) in [4.78, 5) is 24.3. The smallest absolute Gasteiger partial charge is 0.248 e. The molecule has 1 atom stereocenters. The average molecular weight is 542 g/mol. The zero-order valence-electron chi connectivity index (χ0n) is 21.1. The van der Waals surface area contributed by atoms with Crippen molar-refractivity contribution in [1.29, 1.82) is 0 Å². The lowest BCUT2D eigenvalue weighted by Gasteiger charge is -2.17. The normalized spacial score (nSPS) is 15.9. The number of carbonyl (C=O) groups is 1. The van der Waals surface area contributed by atoms with Crippen molar-refractivity contribution in [1.82, 2.24) is 25.1 Å². The van der Waals surface area contributed by atoms with Crippen LogP contribution >= 0.6 is 11.6 Å². The van der Waals surface area contributed by atoms with Gasteiger partial charge in [-0.15, -0.1) is 0 Å². The molecule has 3 heterocycles. The SMILES string of the molecule is CN1CCCC1/C=C/C(=O)Nc1ccc2ncnc(Nc3ccc(F)c(Cl)c3)c2c1-c1ccc2cn[nH]c2c1. The first-order chi connectivity index (χ1) is 19.0. The number of likely N-dealkylation sites (tertiary alicyclic amines) is 1. The maximum Gasteiger partial charge on any atom is 0.248 e. The van der Waals surface area contributed by atoms with E-state index in [0.717, 1.165) is 41.4 Å². The van der Waals surface area contributed by atoms with E-state index in [1.165, 1.54) is 18.5 Å². The van der Waals surface area contributed by atoms with Gasteiger partial charge >= 0.3 is 0 Å². The molecule has 0 radical (unpaired) electrons. The molecule has 1 fully saturated rings. The molecule has 1 aliphatic rings. The number of benzene rings is 3. The minimum atomic E-state index is -0.509. The third kappa shape index (κ3) is 5.06. The molecule has 39 heavy (non-hydrogen) atoms. The largest absolute Gasteiger partial charge is 0.340 e. The molecule has 0 saturated carbocycles. The Morgan fingerprint density at radius 3 is 2.90 bits per heavy atom. The molecule has 8 nitrogen and oxygen atoms in total. The Bertz CT molecular complexity index is 1730. The van der Waals surface area contributed by atoms with Gasteiger partial charge in [-0.05, 0) is 68.4 Å². The fourth-order valence-corrected chi connectivity index (χ4v) is 5.19. The van der Waals surface area contributed by atoms with Crippen molar-refractivity contribution in [2.45, 2.75) is 18.9 Å². The third-order valence-corrected chi connectivity index (χ3v) is 7.31. The number of likely N-dealkylation sites (N-methyl/N-ethyl adjacent to an activating group) is 1. The summed E-state index contributed by atoms with van der Waals surface area (Å²) in [5.41, 5.74) is 4.26. The number of rotatable bonds is 6. The summed E-state index contributed by atoms with van der Waals surface area (Å²) in [6.45, 7) is 1.02. The number of nitrogens with one attached hydrogen (secondary N) is 3. The molecule has 1 saturated heterocycles. The van der Waals surface area contributed by atoms with E-state index < -0.39 is 5.82 Å². The van der Waals surface area contributed by atoms with Crippen molar-refractivity contribution in [3.8, 4) is 11.1 Å². The topological polar surface area (TPSA) is 98.8 Å². The van der Waals surface area contributed by atoms with Crippen molar-refractivity contribution in [2.24, 2.45) is 0 Å². The molecule has 0 spiro atoms. The second kappa shape index (κ2) is 10.4. The van der Waals surface area contributed by atoms with Crippen LogP contribution in [0.25, 0.3) is 32.9 Å². The van der Waals surface area contributed by atoms with Crippen LogP contribution in [0.5, 0.6) is 0 Å². The van der Waals surface area contributed by atoms with Gasteiger partial charge in [-0.1, -0.05) is 29.8 Å². The number of H-pyrrole nitrogens is 1. The predicted octanol–water partition coefficient (Wildman–Crippen LogP) is 6.30. The Hall–Kier alpha value is -4.34. The number of carbonyl (C=O) groups excluding carboxylic acids is 1. The van der Waals surface area contributed by atoms with Crippen molar-refractivity contribution in [2.75, 3.05) is 24.2 Å². The van der Waals surface area contributed by atoms with Gasteiger partial charge in [0.05, 0.1) is 27.6 Å². The van der Waals surface area contributed by atoms with Crippen LogP contribution in [-0.2, 0) is 4.79 Å². The van der Waals surface area contributed by atoms with Crippen LogP contribution in [0.1, 0.15) is 12.8 Å². The van der Waals surface area contributed by atoms with Gasteiger partial charge in [-0.25, -0.2) is 14.4 Å². The molecular formula is C29H25ClFN7O. The maximum atomic E-state index is 13.8. The van der Waals surface area contributed by atoms with Gasteiger partial charge < -0.3 is 10.6 Å². The Kier molecular flexibility index (Phi) is 6.68. The monoisotopic (exact) mass is 541 g/mol. The molecule has 1 aliphatic heterocycles. The molecular weight excluding hydrogens is 517 g/mol. The van der Waals surface area contributed by atoms with Crippen molar-refractivity contribution < 1.29 is 9.18 Å². The fraction of sp³-hybridized carbons (Fsp3) is 0.172. The summed E-state index contributed by atoms with van der Waals surface area (Å²) in [6, 6.07) is 14.2. The lowest BCUT2D eigenvalue weighted by Crippen LogP contribution is -2.23. The van der Waals surface area contributed by atoms with Crippen LogP contribution in [0.4, 0.5) is 21.6 Å². The van der Waals surface area contributed by atoms with E-state index in [1.54, 1.807) is 18.3 Å². The van der Waals surface area contributed by atoms with E-state index in [1.807, 2.05) is 36.4 Å². The molecule has 196 valence electrons. The summed E-state index contributed by atoms with van der Waals surface area (Å²) in [5.74, 6) is -0.248. The number of hydrogen-bond donors (Lipinski definition) is 3. The number of aromatic amines is 1. The second-order valence-corrected chi connectivity index (χ2v) is 9.98. The Labute approximate surface area is 228 Å². The third-order valence-electron chi connectivity index (χ3n) is 7.02. The molecule has 2 aromatic heterocycles. The van der Waals surface area contributed by atoms with E-state index in [9.17, 15) is 9.18 Å². The zero-order valence-corrected chi connectivity index (χ0v) is 21.8. The van der Waals surface area contributed by atoms with Crippen LogP contribution in [0.15, 0.2) is 73.2 Å². The highest BCUT2D eigenvalue weighted by Gasteiger charge is 2.20. The van der Waals surface area contributed by atoms with Gasteiger partial charge in [-0.2, -0.15) is 5.10 Å². The number of nitrogens with zero attached hydrogens (tertiary/aromatic N) is 4. The molecule has 10 heteroatoms. The first-order valence-electron chi connectivity index (χ1n) is 12.6. The quantitative estimate of drug-likeness (QED) is 0.218. The van der Waals surface area contributed by atoms with E-state index in [0.29, 0.717) is 28.1 Å². The average Bonchev–Trinajstić information content (AvgIpc) is 3.57. The summed E-state index contributed by atoms with van der Waals surface area (Å²) >= 11 is 6.02. The van der Waals surface area contributed by atoms with Gasteiger partial charge in [0.1, 0.15) is 18.0 Å². The van der Waals surface area contributed by atoms with Crippen molar-refractivity contribution in [3.05, 3.63) is 84.0 Å². The highest BCUT2D eigenvalue weighted by atomic mass is 35.5. The Morgan fingerprint density at radius 2 is 2.08 bits per heavy atom. The summed E-state index contributed by atoms with van der Waals surface area (Å²) < 4.78 is 13.8. The van der Waals surface area contributed by atoms with Gasteiger partial charge in [0.15, 0.2) is 0 Å². The molecule has 5 aromatic rings. The minimum Gasteiger partial charge on any atom is -0.340 e. The Balaban J connectivity index is 1.47. The van der Waals surface area contributed by atoms with Crippen LogP contribution in [-0.4, -0.2) is 50.6 Å². The molecule has 1 amide bonds. The van der Waals surface area contributed by atoms with E-state index in [4.69, 9.17) is 11.6 Å². The summed E-state index contributed by atoms with van der Waals surface area (Å²) in [7, 11) is 2.07. The van der Waals surface area contributed by atoms with Gasteiger partial charge in [-0.3, -0.25) is 14.8 Å². The molecule has 0 bridgehead atoms. The zero-order chi connectivity index (χ0) is 26.9. The number of halogens is 2. The highest BCUT2D eigenvalue weighted by molar-refractivity contribution is 6.31. The van der Waals surface area contributed by atoms with Crippen molar-refractivity contribution in [3.63, 3.8) is 0 Å². The van der Waals surface area contributed by atoms with E-state index >= 15 is 0 Å². The fourth-order valence-electron chi connectivity index (χ4n) is 5.01. The molecule has 3 N–H and O–H groups in total. The lowest BCUT2D eigenvalue weighted by molar-refractivity contribution is -0.111. The van der Waals surface area contributed by atoms with E-state index in [-0.39, 0.29) is 17.0 Å². The maximum absolute atomic E-state index is 13.8. The lowest BCUT2D eigenvalue weighted by atomic mass is 9.97. The van der Waals surface area contributed by atoms with Crippen LogP contribution in [0, 0.1) is 5.82 Å². The standard InChI is InChI=1S/C29H25ClFN7O/c1-38-12-2-3-20(38)7-11-26(39)36-24-10-9-23-28(27(24)17-4-5-18-15-34-37-25(18)13-17)29(33-16-32-23)35-19-6-8-22(31)21(30)14-19/h4-11,13-16,20H,2-3,12H2,1H3,(H,34,37)(H,36,39)(H,32,33,35)/b11-7+. The van der Waals surface area contributed by atoms with Gasteiger partial charge in [0.25, 0.3) is 0 Å². The summed E-state index contributed by atoms with van der Waals surface area (Å²) in [6.07, 6.45) is 8.91. The van der Waals surface area contributed by atoms with Crippen LogP contribution in [0.3, 0.4) is 0 Å². The van der Waals surface area contributed by atoms with Crippen LogP contribution in [0.2, 0.25) is 5.02 Å². The number of amides is 1. The number of hydrogen-bond acceptors (Lipinski definition) is 6. The predicted molar refractivity (Wildman–Crippen MR) is 153 cm³/mol. The number of fused-ring (bicyclic) bond motifs is 2. The van der Waals surface area contributed by atoms with E-state index in [2.05, 4.69) is 42.7 Å². The van der Waals surface area contributed by atoms with Gasteiger partial charge in [0.2, 0.25) is 5.91 Å². The van der Waals surface area contributed by atoms with Crippen molar-refractivity contribution >= 4 is 56.5 Å². The Morgan fingerprint density at radius 1 is 1.18 bits per heavy atom. The number of aromatic nitrogens is 4. The molecule has 1 unspecified atom stereocenters. The molecule has 0 aliphatic carbocycles. The first-order valence-corrected chi connectivity index (χ1v) is 13.0. The molecule has 3 aromatic carbocycles. The minimum absolute atomic E-state index is 0.00377. The number of anilines is 3. The molecule has 6 rings (SSSR count). The summed E-state index contributed by atoms with van der Waals surface area (Å²) in [5, 5.41) is 15.1. The van der Waals surface area contributed by atoms with Gasteiger partial charge in [0, 0.05) is 34.4 Å².